The predicted molar refractivity (Wildman–Crippen MR) is 80.8 cm³/mol. The van der Waals surface area contributed by atoms with E-state index in [9.17, 15) is 0 Å². The summed E-state index contributed by atoms with van der Waals surface area (Å²) in [5.41, 5.74) is 9.09. The van der Waals surface area contributed by atoms with Crippen LogP contribution in [0.1, 0.15) is 37.3 Å². The summed E-state index contributed by atoms with van der Waals surface area (Å²) < 4.78 is 5.81. The highest BCUT2D eigenvalue weighted by atomic mass is 16.5. The first-order valence-electron chi connectivity index (χ1n) is 6.74. The maximum absolute atomic E-state index is 5.94. The van der Waals surface area contributed by atoms with Crippen LogP contribution in [0.25, 0.3) is 0 Å². The van der Waals surface area contributed by atoms with Gasteiger partial charge in [0.2, 0.25) is 0 Å². The third-order valence-corrected chi connectivity index (χ3v) is 3.45. The molecule has 1 atom stereocenters. The Hall–Kier alpha value is -1.96. The molecular formula is C17H21NO. The minimum atomic E-state index is 0.582. The normalized spacial score (nSPS) is 12.2. The molecule has 0 unspecified atom stereocenters. The number of nitrogens with two attached hydrogens (primary N) is 1. The molecule has 100 valence electrons. The largest absolute Gasteiger partial charge is 0.455 e. The highest BCUT2D eigenvalue weighted by Crippen LogP contribution is 2.29. The molecule has 2 aromatic carbocycles. The van der Waals surface area contributed by atoms with Crippen molar-refractivity contribution < 1.29 is 4.74 Å². The van der Waals surface area contributed by atoms with E-state index < -0.39 is 0 Å². The Balaban J connectivity index is 2.15. The lowest BCUT2D eigenvalue weighted by atomic mass is 9.99. The first-order chi connectivity index (χ1) is 9.10. The molecule has 2 N–H and O–H groups in total. The van der Waals surface area contributed by atoms with E-state index in [0.29, 0.717) is 17.4 Å². The molecule has 0 aliphatic carbocycles. The Labute approximate surface area is 115 Å². The molecule has 0 saturated carbocycles. The smallest absolute Gasteiger partial charge is 0.150 e. The molecule has 0 amide bonds. The molecule has 0 saturated heterocycles. The molecule has 0 aliphatic rings. The van der Waals surface area contributed by atoms with Crippen molar-refractivity contribution >= 4 is 5.69 Å². The highest BCUT2D eigenvalue weighted by molar-refractivity contribution is 5.55. The summed E-state index contributed by atoms with van der Waals surface area (Å²) >= 11 is 0. The Bertz CT molecular complexity index is 546. The zero-order chi connectivity index (χ0) is 13.8. The molecule has 0 fully saturated rings. The van der Waals surface area contributed by atoms with Gasteiger partial charge in [0.25, 0.3) is 0 Å². The molecule has 0 spiro atoms. The average Bonchev–Trinajstić information content (AvgIpc) is 2.42. The van der Waals surface area contributed by atoms with Crippen LogP contribution in [0.5, 0.6) is 11.5 Å². The monoisotopic (exact) mass is 255 g/mol. The van der Waals surface area contributed by atoms with Crippen LogP contribution >= 0.6 is 0 Å². The van der Waals surface area contributed by atoms with E-state index in [1.807, 2.05) is 37.3 Å². The second kappa shape index (κ2) is 5.79. The number of anilines is 1. The van der Waals surface area contributed by atoms with Crippen molar-refractivity contribution in [2.24, 2.45) is 0 Å². The molecule has 0 radical (unpaired) electrons. The van der Waals surface area contributed by atoms with Crippen LogP contribution < -0.4 is 10.5 Å². The van der Waals surface area contributed by atoms with E-state index in [4.69, 9.17) is 10.5 Å². The van der Waals surface area contributed by atoms with Crippen molar-refractivity contribution in [3.8, 4) is 11.5 Å². The van der Waals surface area contributed by atoms with Gasteiger partial charge in [0.05, 0.1) is 5.69 Å². The Morgan fingerprint density at radius 3 is 2.37 bits per heavy atom. The van der Waals surface area contributed by atoms with E-state index in [1.54, 1.807) is 0 Å². The van der Waals surface area contributed by atoms with Crippen LogP contribution in [0.2, 0.25) is 0 Å². The summed E-state index contributed by atoms with van der Waals surface area (Å²) in [5, 5.41) is 0. The van der Waals surface area contributed by atoms with E-state index in [2.05, 4.69) is 26.0 Å². The first kappa shape index (κ1) is 13.5. The average molecular weight is 255 g/mol. The van der Waals surface area contributed by atoms with Crippen molar-refractivity contribution in [2.75, 3.05) is 5.73 Å². The fourth-order valence-electron chi connectivity index (χ4n) is 1.99. The second-order valence-electron chi connectivity index (χ2n) is 5.02. The zero-order valence-electron chi connectivity index (χ0n) is 11.8. The van der Waals surface area contributed by atoms with Crippen LogP contribution in [0.3, 0.4) is 0 Å². The number of rotatable bonds is 4. The molecule has 0 bridgehead atoms. The van der Waals surface area contributed by atoms with Crippen LogP contribution in [-0.2, 0) is 0 Å². The van der Waals surface area contributed by atoms with E-state index in [-0.39, 0.29) is 0 Å². The van der Waals surface area contributed by atoms with Crippen molar-refractivity contribution in [3.63, 3.8) is 0 Å². The van der Waals surface area contributed by atoms with Gasteiger partial charge in [-0.05, 0) is 54.7 Å². The zero-order valence-corrected chi connectivity index (χ0v) is 11.8. The Morgan fingerprint density at radius 1 is 1.11 bits per heavy atom. The van der Waals surface area contributed by atoms with Crippen LogP contribution in [-0.4, -0.2) is 0 Å². The number of aryl methyl sites for hydroxylation is 1. The molecule has 2 heteroatoms. The lowest BCUT2D eigenvalue weighted by molar-refractivity contribution is 0.484. The maximum Gasteiger partial charge on any atom is 0.150 e. The van der Waals surface area contributed by atoms with Gasteiger partial charge in [-0.25, -0.2) is 0 Å². The maximum atomic E-state index is 5.94. The van der Waals surface area contributed by atoms with Gasteiger partial charge in [-0.15, -0.1) is 0 Å². The van der Waals surface area contributed by atoms with Gasteiger partial charge in [-0.1, -0.05) is 32.0 Å². The lowest BCUT2D eigenvalue weighted by Gasteiger charge is -2.12. The minimum Gasteiger partial charge on any atom is -0.455 e. The van der Waals surface area contributed by atoms with Gasteiger partial charge in [-0.3, -0.25) is 0 Å². The fourth-order valence-corrected chi connectivity index (χ4v) is 1.99. The van der Waals surface area contributed by atoms with Gasteiger partial charge in [0.1, 0.15) is 11.5 Å². The third kappa shape index (κ3) is 3.28. The molecule has 2 aromatic rings. The highest BCUT2D eigenvalue weighted by Gasteiger charge is 2.05. The SMILES string of the molecule is CC[C@H](C)c1ccc(Oc2ccc(C)cc2N)cc1. The van der Waals surface area contributed by atoms with Crippen LogP contribution in [0, 0.1) is 6.92 Å². The summed E-state index contributed by atoms with van der Waals surface area (Å²) in [6.45, 7) is 6.44. The second-order valence-corrected chi connectivity index (χ2v) is 5.02. The van der Waals surface area contributed by atoms with Gasteiger partial charge < -0.3 is 10.5 Å². The van der Waals surface area contributed by atoms with Gasteiger partial charge in [0.15, 0.2) is 0 Å². The fraction of sp³-hybridized carbons (Fsp3) is 0.294. The van der Waals surface area contributed by atoms with Crippen molar-refractivity contribution in [2.45, 2.75) is 33.1 Å². The number of hydrogen-bond acceptors (Lipinski definition) is 2. The summed E-state index contributed by atoms with van der Waals surface area (Å²) in [6, 6.07) is 14.1. The van der Waals surface area contributed by atoms with E-state index in [1.165, 1.54) is 5.56 Å². The molecule has 2 rings (SSSR count). The van der Waals surface area contributed by atoms with Gasteiger partial charge in [0, 0.05) is 0 Å². The third-order valence-electron chi connectivity index (χ3n) is 3.45. The molecule has 0 aliphatic heterocycles. The molecule has 2 nitrogen and oxygen atoms in total. The van der Waals surface area contributed by atoms with Crippen molar-refractivity contribution in [1.29, 1.82) is 0 Å². The van der Waals surface area contributed by atoms with Gasteiger partial charge in [-0.2, -0.15) is 0 Å². The first-order valence-corrected chi connectivity index (χ1v) is 6.74. The number of hydrogen-bond donors (Lipinski definition) is 1. The van der Waals surface area contributed by atoms with Gasteiger partial charge >= 0.3 is 0 Å². The molecule has 19 heavy (non-hydrogen) atoms. The topological polar surface area (TPSA) is 35.2 Å². The standard InChI is InChI=1S/C17H21NO/c1-4-13(3)14-6-8-15(9-7-14)19-17-10-5-12(2)11-16(17)18/h5-11,13H,4,18H2,1-3H3/t13-/m0/s1. The Morgan fingerprint density at radius 2 is 1.79 bits per heavy atom. The molecule has 0 heterocycles. The predicted octanol–water partition coefficient (Wildman–Crippen LogP) is 4.88. The van der Waals surface area contributed by atoms with Crippen LogP contribution in [0.4, 0.5) is 5.69 Å². The van der Waals surface area contributed by atoms with Crippen molar-refractivity contribution in [1.82, 2.24) is 0 Å². The van der Waals surface area contributed by atoms with E-state index >= 15 is 0 Å². The molecular weight excluding hydrogens is 234 g/mol. The summed E-state index contributed by atoms with van der Waals surface area (Å²) in [4.78, 5) is 0. The summed E-state index contributed by atoms with van der Waals surface area (Å²) in [7, 11) is 0. The summed E-state index contributed by atoms with van der Waals surface area (Å²) in [5.74, 6) is 2.11. The van der Waals surface area contributed by atoms with Crippen LogP contribution in [0.15, 0.2) is 42.5 Å². The lowest BCUT2D eigenvalue weighted by Crippen LogP contribution is -1.94. The Kier molecular flexibility index (Phi) is 4.10. The number of benzene rings is 2. The number of ether oxygens (including phenoxy) is 1. The quantitative estimate of drug-likeness (QED) is 0.790. The summed E-state index contributed by atoms with van der Waals surface area (Å²) in [6.07, 6.45) is 1.14. The molecule has 0 aromatic heterocycles. The number of nitrogen functional groups attached to an aromatic ring is 1. The van der Waals surface area contributed by atoms with E-state index in [0.717, 1.165) is 17.7 Å². The minimum absolute atomic E-state index is 0.582. The van der Waals surface area contributed by atoms with Crippen molar-refractivity contribution in [3.05, 3.63) is 53.6 Å².